The van der Waals surface area contributed by atoms with Crippen LogP contribution in [0.15, 0.2) is 75.7 Å². The van der Waals surface area contributed by atoms with E-state index in [1.165, 1.54) is 29.1 Å². The lowest BCUT2D eigenvalue weighted by Crippen LogP contribution is -2.40. The number of carbonyl (C=O) groups excluding carboxylic acids is 1. The van der Waals surface area contributed by atoms with Crippen molar-refractivity contribution in [2.24, 2.45) is 4.99 Å². The molecule has 1 aliphatic heterocycles. The van der Waals surface area contributed by atoms with E-state index < -0.39 is 17.8 Å². The highest BCUT2D eigenvalue weighted by Crippen LogP contribution is 2.31. The monoisotopic (exact) mass is 408 g/mol. The average Bonchev–Trinajstić information content (AvgIpc) is 3.02. The Bertz CT molecular complexity index is 1310. The number of benzene rings is 2. The number of allylic oxidation sites excluding steroid dienone is 1. The molecule has 2 aromatic carbocycles. The van der Waals surface area contributed by atoms with Gasteiger partial charge in [0, 0.05) is 5.56 Å². The van der Waals surface area contributed by atoms with Crippen molar-refractivity contribution >= 4 is 23.4 Å². The van der Waals surface area contributed by atoms with Crippen LogP contribution < -0.4 is 14.9 Å². The molecule has 1 aromatic heterocycles. The molecule has 146 valence electrons. The molecule has 0 N–H and O–H groups in total. The Morgan fingerprint density at radius 1 is 1.17 bits per heavy atom. The molecule has 0 unspecified atom stereocenters. The Labute approximate surface area is 169 Å². The summed E-state index contributed by atoms with van der Waals surface area (Å²) in [6.07, 6.45) is 1.76. The number of halogens is 1. The maximum Gasteiger partial charge on any atom is 0.338 e. The lowest BCUT2D eigenvalue weighted by molar-refractivity contribution is -0.136. The number of hydrogen-bond donors (Lipinski definition) is 0. The molecule has 3 aromatic rings. The van der Waals surface area contributed by atoms with E-state index in [9.17, 15) is 14.0 Å². The Morgan fingerprint density at radius 3 is 2.55 bits per heavy atom. The predicted octanol–water partition coefficient (Wildman–Crippen LogP) is 2.55. The number of aromatic nitrogens is 1. The van der Waals surface area contributed by atoms with E-state index in [1.807, 2.05) is 30.3 Å². The second-order valence-corrected chi connectivity index (χ2v) is 7.51. The van der Waals surface area contributed by atoms with Gasteiger partial charge >= 0.3 is 5.97 Å². The minimum Gasteiger partial charge on any atom is -0.466 e. The number of carbonyl (C=O) groups is 1. The first-order valence-corrected chi connectivity index (χ1v) is 9.73. The maximum atomic E-state index is 14.7. The molecule has 0 saturated carbocycles. The molecule has 1 atom stereocenters. The summed E-state index contributed by atoms with van der Waals surface area (Å²) in [5, 5.41) is 0. The molecule has 29 heavy (non-hydrogen) atoms. The van der Waals surface area contributed by atoms with Crippen LogP contribution in [0.5, 0.6) is 0 Å². The van der Waals surface area contributed by atoms with Crippen LogP contribution in [0.3, 0.4) is 0 Å². The van der Waals surface area contributed by atoms with Crippen LogP contribution in [0, 0.1) is 5.82 Å². The summed E-state index contributed by atoms with van der Waals surface area (Å²) in [6, 6.07) is 14.6. The van der Waals surface area contributed by atoms with Crippen LogP contribution in [0.25, 0.3) is 6.08 Å². The highest BCUT2D eigenvalue weighted by Gasteiger charge is 2.34. The summed E-state index contributed by atoms with van der Waals surface area (Å²) in [5.74, 6) is -1.15. The van der Waals surface area contributed by atoms with Crippen LogP contribution in [-0.4, -0.2) is 17.6 Å². The fourth-order valence-corrected chi connectivity index (χ4v) is 4.43. The van der Waals surface area contributed by atoms with Crippen molar-refractivity contribution in [2.45, 2.75) is 13.0 Å². The van der Waals surface area contributed by atoms with Crippen molar-refractivity contribution in [3.8, 4) is 0 Å². The van der Waals surface area contributed by atoms with Crippen LogP contribution in [-0.2, 0) is 9.53 Å². The normalized spacial score (nSPS) is 16.4. The van der Waals surface area contributed by atoms with Gasteiger partial charge in [0.2, 0.25) is 0 Å². The quantitative estimate of drug-likeness (QED) is 0.626. The predicted molar refractivity (Wildman–Crippen MR) is 109 cm³/mol. The molecule has 0 aliphatic carbocycles. The summed E-state index contributed by atoms with van der Waals surface area (Å²) in [4.78, 5) is 30.6. The third-order valence-electron chi connectivity index (χ3n) is 4.72. The Balaban J connectivity index is 2.02. The number of methoxy groups -OCH3 is 1. The Kier molecular flexibility index (Phi) is 4.98. The van der Waals surface area contributed by atoms with E-state index in [0.717, 1.165) is 5.56 Å². The van der Waals surface area contributed by atoms with Gasteiger partial charge in [0.1, 0.15) is 11.9 Å². The van der Waals surface area contributed by atoms with Crippen molar-refractivity contribution < 1.29 is 13.9 Å². The molecule has 0 fully saturated rings. The fourth-order valence-electron chi connectivity index (χ4n) is 3.38. The second kappa shape index (κ2) is 7.60. The second-order valence-electron chi connectivity index (χ2n) is 6.51. The molecule has 0 bridgehead atoms. The maximum absolute atomic E-state index is 14.7. The van der Waals surface area contributed by atoms with Crippen molar-refractivity contribution in [3.05, 3.63) is 102 Å². The molecule has 0 radical (unpaired) electrons. The van der Waals surface area contributed by atoms with Gasteiger partial charge in [-0.2, -0.15) is 0 Å². The molecule has 7 heteroatoms. The van der Waals surface area contributed by atoms with Gasteiger partial charge in [0.05, 0.1) is 22.9 Å². The highest BCUT2D eigenvalue weighted by molar-refractivity contribution is 7.07. The highest BCUT2D eigenvalue weighted by atomic mass is 32.1. The van der Waals surface area contributed by atoms with Gasteiger partial charge < -0.3 is 4.74 Å². The zero-order valence-corrected chi connectivity index (χ0v) is 16.6. The van der Waals surface area contributed by atoms with E-state index in [4.69, 9.17) is 4.74 Å². The van der Waals surface area contributed by atoms with E-state index in [0.29, 0.717) is 15.0 Å². The smallest absolute Gasteiger partial charge is 0.338 e. The standard InChI is InChI=1S/C22H17FN2O3S/c1-13-18(21(27)28-2)19(15-10-6-7-11-16(15)23)25-20(26)17(29-22(25)24-13)12-14-8-4-3-5-9-14/h3-12,19H,1-2H3/b17-12+/t19-/m0/s1. The zero-order valence-electron chi connectivity index (χ0n) is 15.8. The first kappa shape index (κ1) is 19.0. The summed E-state index contributed by atoms with van der Waals surface area (Å²) < 4.78 is 21.4. The number of ether oxygens (including phenoxy) is 1. The molecule has 1 aliphatic rings. The average molecular weight is 408 g/mol. The van der Waals surface area contributed by atoms with Crippen molar-refractivity contribution in [1.29, 1.82) is 0 Å². The number of esters is 1. The van der Waals surface area contributed by atoms with Gasteiger partial charge in [-0.25, -0.2) is 14.2 Å². The van der Waals surface area contributed by atoms with Gasteiger partial charge in [-0.05, 0) is 24.6 Å². The topological polar surface area (TPSA) is 60.7 Å². The van der Waals surface area contributed by atoms with Gasteiger partial charge in [0.15, 0.2) is 4.80 Å². The van der Waals surface area contributed by atoms with E-state index in [-0.39, 0.29) is 16.7 Å². The van der Waals surface area contributed by atoms with Crippen molar-refractivity contribution in [2.75, 3.05) is 7.11 Å². The molecule has 0 amide bonds. The van der Waals surface area contributed by atoms with Crippen molar-refractivity contribution in [1.82, 2.24) is 4.57 Å². The molecule has 4 rings (SSSR count). The fraction of sp³-hybridized carbons (Fsp3) is 0.136. The number of fused-ring (bicyclic) bond motifs is 1. The molecular formula is C22H17FN2O3S. The molecule has 2 heterocycles. The first-order chi connectivity index (χ1) is 14.0. The third-order valence-corrected chi connectivity index (χ3v) is 5.71. The molecule has 0 spiro atoms. The van der Waals surface area contributed by atoms with Crippen molar-refractivity contribution in [3.63, 3.8) is 0 Å². The summed E-state index contributed by atoms with van der Waals surface area (Å²) in [7, 11) is 1.25. The van der Waals surface area contributed by atoms with Crippen LogP contribution >= 0.6 is 11.3 Å². The Hall–Kier alpha value is -3.32. The SMILES string of the molecule is COC(=O)C1=C(C)N=c2s/c(=C/c3ccccc3)c(=O)n2[C@H]1c1ccccc1F. The number of thiazole rings is 1. The summed E-state index contributed by atoms with van der Waals surface area (Å²) in [6.45, 7) is 1.66. The lowest BCUT2D eigenvalue weighted by Gasteiger charge is -2.24. The minimum atomic E-state index is -0.946. The number of rotatable bonds is 3. The van der Waals surface area contributed by atoms with Gasteiger partial charge in [0.25, 0.3) is 5.56 Å². The largest absolute Gasteiger partial charge is 0.466 e. The lowest BCUT2D eigenvalue weighted by atomic mass is 9.95. The summed E-state index contributed by atoms with van der Waals surface area (Å²) in [5.41, 5.74) is 1.30. The first-order valence-electron chi connectivity index (χ1n) is 8.91. The minimum absolute atomic E-state index is 0.149. The molecular weight excluding hydrogens is 391 g/mol. The van der Waals surface area contributed by atoms with Crippen LogP contribution in [0.4, 0.5) is 4.39 Å². The van der Waals surface area contributed by atoms with E-state index in [2.05, 4.69) is 4.99 Å². The van der Waals surface area contributed by atoms with Gasteiger partial charge in [-0.1, -0.05) is 59.9 Å². The number of hydrogen-bond acceptors (Lipinski definition) is 5. The number of nitrogens with zero attached hydrogens (tertiary/aromatic N) is 2. The van der Waals surface area contributed by atoms with Gasteiger partial charge in [-0.15, -0.1) is 0 Å². The van der Waals surface area contributed by atoms with E-state index >= 15 is 0 Å². The van der Waals surface area contributed by atoms with Crippen LogP contribution in [0.2, 0.25) is 0 Å². The third kappa shape index (κ3) is 3.34. The Morgan fingerprint density at radius 2 is 1.86 bits per heavy atom. The van der Waals surface area contributed by atoms with Crippen LogP contribution in [0.1, 0.15) is 24.1 Å². The van der Waals surface area contributed by atoms with E-state index in [1.54, 1.807) is 31.2 Å². The molecule has 0 saturated heterocycles. The zero-order chi connectivity index (χ0) is 20.5. The molecule has 5 nitrogen and oxygen atoms in total. The van der Waals surface area contributed by atoms with Gasteiger partial charge in [-0.3, -0.25) is 9.36 Å². The summed E-state index contributed by atoms with van der Waals surface area (Å²) >= 11 is 1.21.